The summed E-state index contributed by atoms with van der Waals surface area (Å²) >= 11 is 11.7. The van der Waals surface area contributed by atoms with E-state index in [1.54, 1.807) is 19.1 Å². The molecule has 18 heavy (non-hydrogen) atoms. The lowest BCUT2D eigenvalue weighted by Crippen LogP contribution is -2.18. The van der Waals surface area contributed by atoms with Gasteiger partial charge >= 0.3 is 11.9 Å². The Balaban J connectivity index is 2.14. The number of hydrogen-bond donors (Lipinski definition) is 0. The summed E-state index contributed by atoms with van der Waals surface area (Å²) in [4.78, 5) is 22.9. The van der Waals surface area contributed by atoms with Crippen molar-refractivity contribution in [2.75, 3.05) is 0 Å². The maximum atomic E-state index is 11.8. The second-order valence-corrected chi connectivity index (χ2v) is 4.42. The van der Waals surface area contributed by atoms with E-state index in [1.807, 2.05) is 0 Å². The molecular weight excluding hydrogens is 279 g/mol. The molecule has 0 aliphatic carbocycles. The number of esters is 2. The molecular formula is C12H8Cl2O4. The van der Waals surface area contributed by atoms with Gasteiger partial charge in [-0.2, -0.15) is 0 Å². The lowest BCUT2D eigenvalue weighted by atomic mass is 10.2. The molecule has 1 heterocycles. The zero-order valence-corrected chi connectivity index (χ0v) is 10.8. The highest BCUT2D eigenvalue weighted by Gasteiger charge is 2.26. The average Bonchev–Trinajstić information content (AvgIpc) is 2.61. The van der Waals surface area contributed by atoms with Crippen molar-refractivity contribution < 1.29 is 19.1 Å². The third-order valence-electron chi connectivity index (χ3n) is 2.33. The Morgan fingerprint density at radius 1 is 1.39 bits per heavy atom. The molecule has 0 spiro atoms. The minimum absolute atomic E-state index is 0.106. The molecule has 4 nitrogen and oxygen atoms in total. The van der Waals surface area contributed by atoms with Gasteiger partial charge in [0.1, 0.15) is 0 Å². The third kappa shape index (κ3) is 2.49. The van der Waals surface area contributed by atoms with Gasteiger partial charge in [0.15, 0.2) is 0 Å². The normalized spacial score (nSPS) is 18.3. The number of benzene rings is 1. The van der Waals surface area contributed by atoms with E-state index in [9.17, 15) is 9.59 Å². The molecule has 0 bridgehead atoms. The van der Waals surface area contributed by atoms with E-state index >= 15 is 0 Å². The summed E-state index contributed by atoms with van der Waals surface area (Å²) in [7, 11) is 0. The first-order chi connectivity index (χ1) is 8.49. The first kappa shape index (κ1) is 12.9. The monoisotopic (exact) mass is 286 g/mol. The maximum absolute atomic E-state index is 11.8. The first-order valence-corrected chi connectivity index (χ1v) is 5.79. The van der Waals surface area contributed by atoms with Crippen LogP contribution in [0.5, 0.6) is 0 Å². The molecule has 1 atom stereocenters. The van der Waals surface area contributed by atoms with E-state index in [4.69, 9.17) is 32.7 Å². The second kappa shape index (κ2) is 5.00. The summed E-state index contributed by atoms with van der Waals surface area (Å²) in [6.45, 7) is 1.57. The summed E-state index contributed by atoms with van der Waals surface area (Å²) in [6, 6.07) is 4.61. The summed E-state index contributed by atoms with van der Waals surface area (Å²) in [5.74, 6) is -1.21. The Bertz CT molecular complexity index is 551. The Morgan fingerprint density at radius 2 is 2.11 bits per heavy atom. The Morgan fingerprint density at radius 3 is 2.72 bits per heavy atom. The smallest absolute Gasteiger partial charge is 0.343 e. The van der Waals surface area contributed by atoms with Crippen LogP contribution in [0.15, 0.2) is 29.8 Å². The molecule has 1 aliphatic rings. The largest absolute Gasteiger partial charge is 0.418 e. The Labute approximate surface area is 113 Å². The topological polar surface area (TPSA) is 52.6 Å². The number of carbonyl (C=O) groups is 2. The third-order valence-corrected chi connectivity index (χ3v) is 3.14. The van der Waals surface area contributed by atoms with Crippen molar-refractivity contribution in [3.63, 3.8) is 0 Å². The highest BCUT2D eigenvalue weighted by atomic mass is 35.5. The van der Waals surface area contributed by atoms with Gasteiger partial charge in [0.05, 0.1) is 15.6 Å². The highest BCUT2D eigenvalue weighted by molar-refractivity contribution is 6.43. The molecule has 0 saturated heterocycles. The Kier molecular flexibility index (Phi) is 3.59. The van der Waals surface area contributed by atoms with E-state index in [0.29, 0.717) is 5.57 Å². The summed E-state index contributed by atoms with van der Waals surface area (Å²) in [5.41, 5.74) is 0.517. The van der Waals surface area contributed by atoms with Gasteiger partial charge in [-0.15, -0.1) is 0 Å². The number of hydrogen-bond acceptors (Lipinski definition) is 4. The fourth-order valence-electron chi connectivity index (χ4n) is 1.39. The van der Waals surface area contributed by atoms with Crippen LogP contribution in [0.4, 0.5) is 0 Å². The van der Waals surface area contributed by atoms with E-state index in [0.717, 1.165) is 0 Å². The average molecular weight is 287 g/mol. The molecule has 1 aromatic rings. The van der Waals surface area contributed by atoms with Crippen LogP contribution < -0.4 is 0 Å². The number of ether oxygens (including phenoxy) is 2. The van der Waals surface area contributed by atoms with Crippen molar-refractivity contribution in [3.05, 3.63) is 45.5 Å². The van der Waals surface area contributed by atoms with E-state index in [2.05, 4.69) is 0 Å². The fourth-order valence-corrected chi connectivity index (χ4v) is 1.77. The van der Waals surface area contributed by atoms with Crippen LogP contribution in [-0.4, -0.2) is 18.2 Å². The van der Waals surface area contributed by atoms with Crippen molar-refractivity contribution in [3.8, 4) is 0 Å². The zero-order chi connectivity index (χ0) is 13.3. The Hall–Kier alpha value is -1.52. The molecule has 0 aromatic heterocycles. The van der Waals surface area contributed by atoms with Gasteiger partial charge in [0, 0.05) is 11.6 Å². The van der Waals surface area contributed by atoms with Crippen molar-refractivity contribution >= 4 is 35.1 Å². The summed E-state index contributed by atoms with van der Waals surface area (Å²) < 4.78 is 9.76. The minimum atomic E-state index is -1.01. The van der Waals surface area contributed by atoms with E-state index < -0.39 is 18.2 Å². The van der Waals surface area contributed by atoms with Crippen LogP contribution in [0.1, 0.15) is 17.3 Å². The molecule has 0 fully saturated rings. The maximum Gasteiger partial charge on any atom is 0.343 e. The molecule has 94 valence electrons. The van der Waals surface area contributed by atoms with Crippen LogP contribution in [0, 0.1) is 0 Å². The molecule has 0 radical (unpaired) electrons. The molecule has 0 unspecified atom stereocenters. The minimum Gasteiger partial charge on any atom is -0.418 e. The first-order valence-electron chi connectivity index (χ1n) is 5.03. The molecule has 1 aliphatic heterocycles. The predicted octanol–water partition coefficient (Wildman–Crippen LogP) is 2.98. The van der Waals surface area contributed by atoms with Gasteiger partial charge in [-0.3, -0.25) is 0 Å². The number of halogens is 2. The van der Waals surface area contributed by atoms with E-state index in [-0.39, 0.29) is 15.6 Å². The van der Waals surface area contributed by atoms with Gasteiger partial charge in [0.25, 0.3) is 6.29 Å². The zero-order valence-electron chi connectivity index (χ0n) is 9.28. The van der Waals surface area contributed by atoms with Crippen LogP contribution in [0.3, 0.4) is 0 Å². The van der Waals surface area contributed by atoms with Gasteiger partial charge in [-0.1, -0.05) is 29.3 Å². The van der Waals surface area contributed by atoms with Crippen LogP contribution in [0.2, 0.25) is 10.0 Å². The number of rotatable bonds is 2. The molecule has 6 heteroatoms. The second-order valence-electron chi connectivity index (χ2n) is 3.63. The van der Waals surface area contributed by atoms with Gasteiger partial charge in [-0.05, 0) is 19.1 Å². The van der Waals surface area contributed by atoms with Gasteiger partial charge in [-0.25, -0.2) is 9.59 Å². The van der Waals surface area contributed by atoms with Gasteiger partial charge < -0.3 is 9.47 Å². The van der Waals surface area contributed by atoms with Crippen LogP contribution >= 0.6 is 23.2 Å². The van der Waals surface area contributed by atoms with Crippen LogP contribution in [0.25, 0.3) is 0 Å². The molecule has 2 rings (SSSR count). The highest BCUT2D eigenvalue weighted by Crippen LogP contribution is 2.27. The van der Waals surface area contributed by atoms with Crippen molar-refractivity contribution in [1.29, 1.82) is 0 Å². The van der Waals surface area contributed by atoms with Crippen molar-refractivity contribution in [2.24, 2.45) is 0 Å². The van der Waals surface area contributed by atoms with Crippen molar-refractivity contribution in [2.45, 2.75) is 13.2 Å². The summed E-state index contributed by atoms with van der Waals surface area (Å²) in [5, 5.41) is 0.357. The lowest BCUT2D eigenvalue weighted by Gasteiger charge is -2.10. The predicted molar refractivity (Wildman–Crippen MR) is 65.5 cm³/mol. The quantitative estimate of drug-likeness (QED) is 0.785. The SMILES string of the molecule is CC1=C[C@H](OC(=O)c2cccc(Cl)c2Cl)OC1=O. The standard InChI is InChI=1S/C12H8Cl2O4/c1-6-5-9(17-11(6)15)18-12(16)7-3-2-4-8(13)10(7)14/h2-5,9H,1H3/t9-/m0/s1. The number of carbonyl (C=O) groups excluding carboxylic acids is 2. The molecule has 0 saturated carbocycles. The lowest BCUT2D eigenvalue weighted by molar-refractivity contribution is -0.151. The van der Waals surface area contributed by atoms with E-state index in [1.165, 1.54) is 12.1 Å². The van der Waals surface area contributed by atoms with Crippen molar-refractivity contribution in [1.82, 2.24) is 0 Å². The van der Waals surface area contributed by atoms with Crippen LogP contribution in [-0.2, 0) is 14.3 Å². The molecule has 0 amide bonds. The number of cyclic esters (lactones) is 1. The fraction of sp³-hybridized carbons (Fsp3) is 0.167. The molecule has 1 aromatic carbocycles. The molecule has 0 N–H and O–H groups in total. The summed E-state index contributed by atoms with van der Waals surface area (Å²) in [6.07, 6.45) is 0.402. The van der Waals surface area contributed by atoms with Gasteiger partial charge in [0.2, 0.25) is 0 Å².